The summed E-state index contributed by atoms with van der Waals surface area (Å²) in [5.74, 6) is 0.121. The second-order valence-electron chi connectivity index (χ2n) is 5.09. The van der Waals surface area contributed by atoms with Crippen molar-refractivity contribution in [3.8, 4) is 11.5 Å². The Hall–Kier alpha value is -2.02. The van der Waals surface area contributed by atoms with E-state index in [4.69, 9.17) is 9.47 Å². The van der Waals surface area contributed by atoms with Crippen molar-refractivity contribution in [3.05, 3.63) is 36.4 Å². The lowest BCUT2D eigenvalue weighted by atomic mass is 10.1. The Bertz CT molecular complexity index is 655. The lowest BCUT2D eigenvalue weighted by Crippen LogP contribution is -2.32. The van der Waals surface area contributed by atoms with E-state index in [9.17, 15) is 13.2 Å². The van der Waals surface area contributed by atoms with Crippen molar-refractivity contribution in [3.63, 3.8) is 0 Å². The van der Waals surface area contributed by atoms with Crippen LogP contribution in [0.3, 0.4) is 0 Å². The van der Waals surface area contributed by atoms with E-state index < -0.39 is 21.5 Å². The van der Waals surface area contributed by atoms with Gasteiger partial charge in [0, 0.05) is 6.54 Å². The number of rotatable bonds is 11. The number of carbonyl (C=O) groups is 1. The van der Waals surface area contributed by atoms with E-state index in [1.54, 1.807) is 0 Å². The smallest absolute Gasteiger partial charge is 0.235 e. The average Bonchev–Trinajstić information content (AvgIpc) is 2.49. The van der Waals surface area contributed by atoms with Crippen molar-refractivity contribution in [1.82, 2.24) is 5.32 Å². The normalized spacial score (nSPS) is 10.9. The lowest BCUT2D eigenvalue weighted by molar-refractivity contribution is -0.118. The summed E-state index contributed by atoms with van der Waals surface area (Å²) in [6.45, 7) is 8.59. The maximum Gasteiger partial charge on any atom is 0.235 e. The fourth-order valence-corrected chi connectivity index (χ4v) is 3.07. The van der Waals surface area contributed by atoms with Crippen LogP contribution in [0, 0.1) is 0 Å². The molecule has 0 fully saturated rings. The molecule has 1 aromatic carbocycles. The third-order valence-corrected chi connectivity index (χ3v) is 4.51. The van der Waals surface area contributed by atoms with Crippen molar-refractivity contribution >= 4 is 15.7 Å². The van der Waals surface area contributed by atoms with Gasteiger partial charge in [-0.2, -0.15) is 0 Å². The number of amides is 1. The van der Waals surface area contributed by atoms with Gasteiger partial charge in [0.1, 0.15) is 5.75 Å². The molecule has 134 valence electrons. The van der Waals surface area contributed by atoms with Gasteiger partial charge in [0.05, 0.1) is 19.0 Å². The van der Waals surface area contributed by atoms with Crippen molar-refractivity contribution in [2.24, 2.45) is 0 Å². The summed E-state index contributed by atoms with van der Waals surface area (Å²) in [4.78, 5) is 11.7. The van der Waals surface area contributed by atoms with Crippen LogP contribution in [0.2, 0.25) is 0 Å². The highest BCUT2D eigenvalue weighted by Gasteiger charge is 2.14. The zero-order valence-electron chi connectivity index (χ0n) is 14.2. The number of hydrogen-bond acceptors (Lipinski definition) is 5. The van der Waals surface area contributed by atoms with Gasteiger partial charge in [-0.3, -0.25) is 4.79 Å². The molecule has 0 heterocycles. The summed E-state index contributed by atoms with van der Waals surface area (Å²) >= 11 is 0. The van der Waals surface area contributed by atoms with Crippen LogP contribution in [0.4, 0.5) is 0 Å². The Morgan fingerprint density at radius 1 is 1.21 bits per heavy atom. The van der Waals surface area contributed by atoms with Crippen LogP contribution in [0.15, 0.2) is 30.9 Å². The number of nitrogens with one attached hydrogen (secondary N) is 1. The minimum Gasteiger partial charge on any atom is -0.490 e. The summed E-state index contributed by atoms with van der Waals surface area (Å²) in [5.41, 5.74) is 0.969. The number of sulfone groups is 1. The first-order valence-corrected chi connectivity index (χ1v) is 9.70. The number of benzene rings is 1. The van der Waals surface area contributed by atoms with Crippen LogP contribution >= 0.6 is 0 Å². The first kappa shape index (κ1) is 20.0. The van der Waals surface area contributed by atoms with Crippen LogP contribution in [-0.2, 0) is 21.1 Å². The molecule has 0 radical (unpaired) electrons. The van der Waals surface area contributed by atoms with Gasteiger partial charge in [-0.15, -0.1) is 6.58 Å². The van der Waals surface area contributed by atoms with Crippen molar-refractivity contribution in [2.45, 2.75) is 20.3 Å². The average molecular weight is 355 g/mol. The molecule has 1 rings (SSSR count). The quantitative estimate of drug-likeness (QED) is 0.612. The van der Waals surface area contributed by atoms with Gasteiger partial charge < -0.3 is 14.8 Å². The highest BCUT2D eigenvalue weighted by molar-refractivity contribution is 7.92. The fraction of sp³-hybridized carbons (Fsp3) is 0.471. The van der Waals surface area contributed by atoms with E-state index in [1.165, 1.54) is 6.08 Å². The molecule has 0 saturated heterocycles. The van der Waals surface area contributed by atoms with E-state index in [0.717, 1.165) is 5.56 Å². The van der Waals surface area contributed by atoms with Gasteiger partial charge in [0.2, 0.25) is 5.91 Å². The lowest BCUT2D eigenvalue weighted by Gasteiger charge is -2.12. The van der Waals surface area contributed by atoms with Crippen LogP contribution in [0.25, 0.3) is 0 Å². The Kier molecular flexibility index (Phi) is 8.32. The molecule has 7 heteroatoms. The summed E-state index contributed by atoms with van der Waals surface area (Å²) in [6.07, 6.45) is 1.84. The maximum absolute atomic E-state index is 11.7. The Morgan fingerprint density at radius 2 is 1.88 bits per heavy atom. The molecule has 0 bridgehead atoms. The maximum atomic E-state index is 11.7. The summed E-state index contributed by atoms with van der Waals surface area (Å²) in [7, 11) is -3.42. The first-order chi connectivity index (χ1) is 11.4. The van der Waals surface area contributed by atoms with Crippen LogP contribution < -0.4 is 14.8 Å². The molecule has 0 aliphatic rings. The highest BCUT2D eigenvalue weighted by atomic mass is 32.2. The molecular formula is C17H25NO5S. The minimum absolute atomic E-state index is 0.197. The molecule has 0 aromatic heterocycles. The number of ether oxygens (including phenoxy) is 2. The largest absolute Gasteiger partial charge is 0.490 e. The van der Waals surface area contributed by atoms with Crippen LogP contribution in [-0.4, -0.2) is 45.6 Å². The first-order valence-electron chi connectivity index (χ1n) is 7.88. The highest BCUT2D eigenvalue weighted by Crippen LogP contribution is 2.28. The van der Waals surface area contributed by atoms with Gasteiger partial charge in [-0.05, 0) is 38.0 Å². The summed E-state index contributed by atoms with van der Waals surface area (Å²) in [5, 5.41) is 2.61. The van der Waals surface area contributed by atoms with Crippen molar-refractivity contribution in [2.75, 3.05) is 31.3 Å². The van der Waals surface area contributed by atoms with Crippen LogP contribution in [0.5, 0.6) is 11.5 Å². The van der Waals surface area contributed by atoms with E-state index in [-0.39, 0.29) is 5.75 Å². The second-order valence-corrected chi connectivity index (χ2v) is 7.20. The van der Waals surface area contributed by atoms with E-state index in [2.05, 4.69) is 11.9 Å². The van der Waals surface area contributed by atoms with E-state index in [0.29, 0.717) is 37.7 Å². The van der Waals surface area contributed by atoms with E-state index in [1.807, 2.05) is 32.0 Å². The SMILES string of the molecule is C=CCS(=O)(=O)CC(=O)NCCc1ccc(OCC)c(OCC)c1. The molecule has 24 heavy (non-hydrogen) atoms. The summed E-state index contributed by atoms with van der Waals surface area (Å²) < 4.78 is 34.1. The van der Waals surface area contributed by atoms with Gasteiger partial charge >= 0.3 is 0 Å². The summed E-state index contributed by atoms with van der Waals surface area (Å²) in [6, 6.07) is 5.60. The zero-order chi connectivity index (χ0) is 18.0. The third kappa shape index (κ3) is 7.04. The Labute approximate surface area is 143 Å². The predicted molar refractivity (Wildman–Crippen MR) is 94.3 cm³/mol. The molecule has 0 unspecified atom stereocenters. The van der Waals surface area contributed by atoms with Crippen molar-refractivity contribution in [1.29, 1.82) is 0 Å². The molecule has 1 N–H and O–H groups in total. The Balaban J connectivity index is 2.57. The molecule has 0 atom stereocenters. The predicted octanol–water partition coefficient (Wildman–Crippen LogP) is 1.74. The topological polar surface area (TPSA) is 81.7 Å². The molecule has 1 amide bonds. The van der Waals surface area contributed by atoms with Crippen molar-refractivity contribution < 1.29 is 22.7 Å². The van der Waals surface area contributed by atoms with Gasteiger partial charge in [-0.25, -0.2) is 8.42 Å². The molecule has 6 nitrogen and oxygen atoms in total. The molecule has 0 saturated carbocycles. The van der Waals surface area contributed by atoms with Gasteiger partial charge in [0.15, 0.2) is 21.3 Å². The molecular weight excluding hydrogens is 330 g/mol. The molecule has 0 aliphatic carbocycles. The third-order valence-electron chi connectivity index (χ3n) is 3.07. The Morgan fingerprint density at radius 3 is 2.50 bits per heavy atom. The van der Waals surface area contributed by atoms with Gasteiger partial charge in [-0.1, -0.05) is 12.1 Å². The van der Waals surface area contributed by atoms with Gasteiger partial charge in [0.25, 0.3) is 0 Å². The van der Waals surface area contributed by atoms with E-state index >= 15 is 0 Å². The minimum atomic E-state index is -3.42. The molecule has 0 spiro atoms. The standard InChI is InChI=1S/C17H25NO5S/c1-4-11-24(20,21)13-17(19)18-10-9-14-7-8-15(22-5-2)16(12-14)23-6-3/h4,7-8,12H,1,5-6,9-11,13H2,2-3H3,(H,18,19). The monoisotopic (exact) mass is 355 g/mol. The molecule has 1 aromatic rings. The zero-order valence-corrected chi connectivity index (χ0v) is 15.0. The van der Waals surface area contributed by atoms with Crippen LogP contribution in [0.1, 0.15) is 19.4 Å². The number of carbonyl (C=O) groups excluding carboxylic acids is 1. The number of hydrogen-bond donors (Lipinski definition) is 1. The molecule has 0 aliphatic heterocycles. The fourth-order valence-electron chi connectivity index (χ4n) is 2.09. The second kappa shape index (κ2) is 9.97.